The molecule has 4 heterocycles. The van der Waals surface area contributed by atoms with Crippen molar-refractivity contribution in [2.24, 2.45) is 0 Å². The van der Waals surface area contributed by atoms with Crippen molar-refractivity contribution in [3.8, 4) is 11.5 Å². The molecule has 36 heavy (non-hydrogen) atoms. The third-order valence-corrected chi connectivity index (χ3v) is 5.84. The number of aromatic amines is 1. The fourth-order valence-corrected chi connectivity index (χ4v) is 4.08. The highest BCUT2D eigenvalue weighted by atomic mass is 19.4. The number of imide groups is 1. The minimum absolute atomic E-state index is 0.0989. The molecule has 5 rings (SSSR count). The minimum atomic E-state index is -4.63. The van der Waals surface area contributed by atoms with E-state index >= 15 is 0 Å². The molecule has 0 saturated carbocycles. The highest BCUT2D eigenvalue weighted by Gasteiger charge is 2.40. The van der Waals surface area contributed by atoms with Crippen LogP contribution in [0, 0.1) is 0 Å². The molecular formula is C25H20F3N5O3. The number of fused-ring (bicyclic) bond motifs is 1. The molecule has 3 amide bonds. The van der Waals surface area contributed by atoms with E-state index in [0.717, 1.165) is 27.4 Å². The molecule has 0 bridgehead atoms. The molecule has 4 aromatic rings. The van der Waals surface area contributed by atoms with Gasteiger partial charge in [-0.15, -0.1) is 0 Å². The summed E-state index contributed by atoms with van der Waals surface area (Å²) in [6, 6.07) is 8.60. The largest absolute Gasteiger partial charge is 0.457 e. The number of alkyl halides is 3. The monoisotopic (exact) mass is 495 g/mol. The lowest BCUT2D eigenvalue weighted by Gasteiger charge is -2.22. The van der Waals surface area contributed by atoms with Crippen molar-refractivity contribution in [1.29, 1.82) is 0 Å². The van der Waals surface area contributed by atoms with Crippen LogP contribution in [0.1, 0.15) is 30.9 Å². The molecule has 0 radical (unpaired) electrons. The second-order valence-corrected chi connectivity index (χ2v) is 8.55. The Labute approximate surface area is 203 Å². The average molecular weight is 495 g/mol. The molecule has 8 nitrogen and oxygen atoms in total. The van der Waals surface area contributed by atoms with Crippen molar-refractivity contribution in [1.82, 2.24) is 15.0 Å². The van der Waals surface area contributed by atoms with Crippen molar-refractivity contribution in [2.75, 3.05) is 16.3 Å². The van der Waals surface area contributed by atoms with Crippen LogP contribution in [0.3, 0.4) is 0 Å². The summed E-state index contributed by atoms with van der Waals surface area (Å²) in [5.41, 5.74) is 0.570. The molecule has 0 atom stereocenters. The lowest BCUT2D eigenvalue weighted by molar-refractivity contribution is -0.137. The summed E-state index contributed by atoms with van der Waals surface area (Å²) >= 11 is 0. The Morgan fingerprint density at radius 3 is 2.64 bits per heavy atom. The second kappa shape index (κ2) is 8.67. The number of hydrogen-bond acceptors (Lipinski definition) is 5. The number of nitrogens with one attached hydrogen (secondary N) is 1. The Morgan fingerprint density at radius 2 is 1.89 bits per heavy atom. The molecule has 0 spiro atoms. The number of pyridine rings is 2. The van der Waals surface area contributed by atoms with E-state index in [0.29, 0.717) is 34.6 Å². The minimum Gasteiger partial charge on any atom is -0.457 e. The predicted molar refractivity (Wildman–Crippen MR) is 126 cm³/mol. The number of rotatable bonds is 5. The zero-order valence-corrected chi connectivity index (χ0v) is 19.2. The Bertz CT molecular complexity index is 1480. The van der Waals surface area contributed by atoms with Crippen molar-refractivity contribution < 1.29 is 27.5 Å². The first kappa shape index (κ1) is 23.3. The van der Waals surface area contributed by atoms with Gasteiger partial charge in [0.15, 0.2) is 0 Å². The molecule has 1 aliphatic rings. The molecular weight excluding hydrogens is 475 g/mol. The third kappa shape index (κ3) is 4.12. The Hall–Kier alpha value is -4.41. The average Bonchev–Trinajstić information content (AvgIpc) is 3.43. The van der Waals surface area contributed by atoms with Crippen LogP contribution in [0.5, 0.6) is 11.5 Å². The van der Waals surface area contributed by atoms with E-state index in [1.165, 1.54) is 0 Å². The van der Waals surface area contributed by atoms with E-state index in [1.807, 2.05) is 19.9 Å². The summed E-state index contributed by atoms with van der Waals surface area (Å²) in [6.45, 7) is 3.40. The van der Waals surface area contributed by atoms with E-state index in [2.05, 4.69) is 15.0 Å². The summed E-state index contributed by atoms with van der Waals surface area (Å²) in [5, 5.41) is 0.794. The number of urea groups is 1. The first-order valence-electron chi connectivity index (χ1n) is 11.0. The summed E-state index contributed by atoms with van der Waals surface area (Å²) in [5.74, 6) is 0.420. The van der Waals surface area contributed by atoms with Crippen LogP contribution >= 0.6 is 0 Å². The van der Waals surface area contributed by atoms with Gasteiger partial charge in [-0.25, -0.2) is 14.7 Å². The number of anilines is 2. The van der Waals surface area contributed by atoms with Crippen LogP contribution < -0.4 is 14.5 Å². The number of ether oxygens (including phenoxy) is 1. The lowest BCUT2D eigenvalue weighted by Crippen LogP contribution is -2.34. The van der Waals surface area contributed by atoms with Gasteiger partial charge in [0.1, 0.15) is 23.7 Å². The zero-order valence-electron chi connectivity index (χ0n) is 19.2. The maximum atomic E-state index is 13.2. The van der Waals surface area contributed by atoms with Crippen molar-refractivity contribution in [2.45, 2.75) is 25.9 Å². The Balaban J connectivity index is 1.47. The zero-order chi connectivity index (χ0) is 25.6. The van der Waals surface area contributed by atoms with Crippen LogP contribution in [-0.4, -0.2) is 33.4 Å². The van der Waals surface area contributed by atoms with Gasteiger partial charge < -0.3 is 9.72 Å². The van der Waals surface area contributed by atoms with E-state index < -0.39 is 30.2 Å². The van der Waals surface area contributed by atoms with Crippen LogP contribution in [0.2, 0.25) is 0 Å². The summed E-state index contributed by atoms with van der Waals surface area (Å²) in [7, 11) is 0. The van der Waals surface area contributed by atoms with E-state index in [4.69, 9.17) is 4.74 Å². The molecule has 1 aromatic carbocycles. The van der Waals surface area contributed by atoms with Gasteiger partial charge in [0.05, 0.1) is 28.5 Å². The van der Waals surface area contributed by atoms with Crippen molar-refractivity contribution in [3.63, 3.8) is 0 Å². The second-order valence-electron chi connectivity index (χ2n) is 8.55. The topological polar surface area (TPSA) is 91.4 Å². The molecule has 3 aromatic heterocycles. The van der Waals surface area contributed by atoms with Crippen LogP contribution in [0.4, 0.5) is 29.3 Å². The third-order valence-electron chi connectivity index (χ3n) is 5.84. The van der Waals surface area contributed by atoms with Gasteiger partial charge >= 0.3 is 12.2 Å². The Kier molecular flexibility index (Phi) is 5.62. The highest BCUT2D eigenvalue weighted by molar-refractivity contribution is 6.27. The summed E-state index contributed by atoms with van der Waals surface area (Å²) < 4.78 is 45.5. The van der Waals surface area contributed by atoms with E-state index in [1.54, 1.807) is 36.7 Å². The molecule has 0 unspecified atom stereocenters. The predicted octanol–water partition coefficient (Wildman–Crippen LogP) is 5.87. The van der Waals surface area contributed by atoms with Crippen molar-refractivity contribution >= 4 is 34.3 Å². The van der Waals surface area contributed by atoms with Gasteiger partial charge in [-0.1, -0.05) is 13.8 Å². The van der Waals surface area contributed by atoms with Crippen molar-refractivity contribution in [3.05, 3.63) is 72.3 Å². The number of halogens is 3. The number of hydrogen-bond donors (Lipinski definition) is 1. The number of carbonyl (C=O) groups is 2. The van der Waals surface area contributed by atoms with Gasteiger partial charge in [-0.2, -0.15) is 13.2 Å². The summed E-state index contributed by atoms with van der Waals surface area (Å²) in [6.07, 6.45) is 0.537. The fourth-order valence-electron chi connectivity index (χ4n) is 4.08. The van der Waals surface area contributed by atoms with Gasteiger partial charge in [-0.3, -0.25) is 14.7 Å². The van der Waals surface area contributed by atoms with Gasteiger partial charge in [0.2, 0.25) is 0 Å². The van der Waals surface area contributed by atoms with Gasteiger partial charge in [0.25, 0.3) is 5.91 Å². The number of aromatic nitrogens is 3. The van der Waals surface area contributed by atoms with Crippen LogP contribution in [0.25, 0.3) is 11.0 Å². The number of nitrogens with zero attached hydrogens (tertiary/aromatic N) is 4. The number of H-pyrrole nitrogens is 1. The van der Waals surface area contributed by atoms with Crippen LogP contribution in [0.15, 0.2) is 61.2 Å². The van der Waals surface area contributed by atoms with Crippen LogP contribution in [-0.2, 0) is 11.0 Å². The molecule has 184 valence electrons. The molecule has 11 heteroatoms. The quantitative estimate of drug-likeness (QED) is 0.350. The van der Waals surface area contributed by atoms with Gasteiger partial charge in [0, 0.05) is 18.6 Å². The maximum Gasteiger partial charge on any atom is 0.417 e. The number of carbonyl (C=O) groups excluding carboxylic acids is 2. The molecule has 0 aliphatic carbocycles. The maximum absolute atomic E-state index is 13.2. The first-order chi connectivity index (χ1) is 17.1. The Morgan fingerprint density at radius 1 is 1.08 bits per heavy atom. The first-order valence-corrected chi connectivity index (χ1v) is 11.0. The highest BCUT2D eigenvalue weighted by Crippen LogP contribution is 2.38. The van der Waals surface area contributed by atoms with E-state index in [-0.39, 0.29) is 11.6 Å². The molecule has 1 fully saturated rings. The fraction of sp³-hybridized carbons (Fsp3) is 0.200. The molecule has 1 saturated heterocycles. The number of amides is 3. The smallest absolute Gasteiger partial charge is 0.417 e. The van der Waals surface area contributed by atoms with E-state index in [9.17, 15) is 22.8 Å². The molecule has 1 aliphatic heterocycles. The normalized spacial score (nSPS) is 14.4. The van der Waals surface area contributed by atoms with Gasteiger partial charge in [-0.05, 0) is 47.9 Å². The number of benzene rings is 1. The SMILES string of the molecule is CC(C)c1cc(Oc2ccnc3[nH]ccc23)ccc1N1C(=O)CN(c2cncc(C(F)(F)F)c2)C1=O. The lowest BCUT2D eigenvalue weighted by atomic mass is 10.00. The molecule has 1 N–H and O–H groups in total. The standard InChI is InChI=1S/C25H20F3N5O3/c1-14(2)19-10-17(36-21-6-8-31-23-18(21)5-7-30-23)3-4-20(19)33-22(34)13-32(24(33)35)16-9-15(11-29-12-16)25(26,27)28/h3-12,14H,13H2,1-2H3,(H,30,31). The summed E-state index contributed by atoms with van der Waals surface area (Å²) in [4.78, 5) is 38.9.